The van der Waals surface area contributed by atoms with Crippen LogP contribution in [0.15, 0.2) is 60.9 Å². The third kappa shape index (κ3) is 5.15. The van der Waals surface area contributed by atoms with Crippen LogP contribution in [0, 0.1) is 0 Å². The quantitative estimate of drug-likeness (QED) is 0.368. The van der Waals surface area contributed by atoms with Gasteiger partial charge in [-0.25, -0.2) is 4.98 Å². The summed E-state index contributed by atoms with van der Waals surface area (Å²) in [6, 6.07) is 12.7. The number of fused-ring (bicyclic) bond motifs is 1. The molecule has 160 valence electrons. The molecular weight excluding hydrogens is 445 g/mol. The van der Waals surface area contributed by atoms with Crippen LogP contribution >= 0.6 is 22.9 Å². The first-order valence-electron chi connectivity index (χ1n) is 9.45. The molecule has 0 saturated carbocycles. The van der Waals surface area contributed by atoms with Crippen molar-refractivity contribution in [3.8, 4) is 10.4 Å². The predicted octanol–water partition coefficient (Wildman–Crippen LogP) is 6.01. The monoisotopic (exact) mass is 462 g/mol. The molecule has 2 heterocycles. The number of hydrogen-bond acceptors (Lipinski definition) is 5. The van der Waals surface area contributed by atoms with Gasteiger partial charge in [0.15, 0.2) is 5.13 Å². The smallest absolute Gasteiger partial charge is 0.360 e. The van der Waals surface area contributed by atoms with Gasteiger partial charge in [0.2, 0.25) is 0 Å². The van der Waals surface area contributed by atoms with Crippen molar-refractivity contribution >= 4 is 38.8 Å². The minimum Gasteiger partial charge on any atom is -0.360 e. The summed E-state index contributed by atoms with van der Waals surface area (Å²) >= 11 is 7.77. The van der Waals surface area contributed by atoms with Crippen LogP contribution in [0.2, 0.25) is 5.15 Å². The molecule has 1 unspecified atom stereocenters. The van der Waals surface area contributed by atoms with Crippen LogP contribution in [0.5, 0.6) is 0 Å². The Morgan fingerprint density at radius 2 is 1.84 bits per heavy atom. The molecule has 1 atom stereocenters. The molecule has 2 aromatic carbocycles. The summed E-state index contributed by atoms with van der Waals surface area (Å²) in [6.45, 7) is 0.410. The lowest BCUT2D eigenvalue weighted by molar-refractivity contribution is -0.137. The van der Waals surface area contributed by atoms with Crippen LogP contribution in [0.1, 0.15) is 11.1 Å². The first-order chi connectivity index (χ1) is 14.8. The van der Waals surface area contributed by atoms with E-state index < -0.39 is 11.7 Å². The molecule has 0 radical (unpaired) electrons. The summed E-state index contributed by atoms with van der Waals surface area (Å²) in [4.78, 5) is 9.33. The number of nitrogens with two attached hydrogens (primary N) is 1. The molecule has 4 aromatic rings. The Morgan fingerprint density at radius 1 is 1.06 bits per heavy atom. The fraction of sp³-hybridized carbons (Fsp3) is 0.182. The first kappa shape index (κ1) is 21.5. The number of thiazole rings is 1. The fourth-order valence-electron chi connectivity index (χ4n) is 3.20. The van der Waals surface area contributed by atoms with Gasteiger partial charge in [0.25, 0.3) is 0 Å². The predicted molar refractivity (Wildman–Crippen MR) is 119 cm³/mol. The molecule has 0 aliphatic rings. The molecular formula is C22H18ClF3N4S. The third-order valence-electron chi connectivity index (χ3n) is 4.78. The summed E-state index contributed by atoms with van der Waals surface area (Å²) in [5, 5.41) is 6.31. The van der Waals surface area contributed by atoms with Crippen LogP contribution in [0.25, 0.3) is 21.2 Å². The van der Waals surface area contributed by atoms with E-state index in [4.69, 9.17) is 17.3 Å². The summed E-state index contributed by atoms with van der Waals surface area (Å²) < 4.78 is 38.0. The van der Waals surface area contributed by atoms with Crippen molar-refractivity contribution in [1.82, 2.24) is 9.97 Å². The average molecular weight is 463 g/mol. The summed E-state index contributed by atoms with van der Waals surface area (Å²) in [6.07, 6.45) is -0.356. The SMILES string of the molecule is NC(CNc1nc(Cl)c(-c2ccc3cnccc3c2)s1)Cc1ccc(C(F)(F)F)cc1. The Hall–Kier alpha value is -2.68. The van der Waals surface area contributed by atoms with E-state index in [0.29, 0.717) is 23.3 Å². The zero-order valence-corrected chi connectivity index (χ0v) is 17.7. The normalized spacial score (nSPS) is 12.8. The molecule has 4 nitrogen and oxygen atoms in total. The number of halogens is 4. The second-order valence-corrected chi connectivity index (χ2v) is 8.47. The van der Waals surface area contributed by atoms with Crippen molar-refractivity contribution in [3.05, 3.63) is 77.2 Å². The zero-order valence-electron chi connectivity index (χ0n) is 16.2. The van der Waals surface area contributed by atoms with Crippen LogP contribution < -0.4 is 11.1 Å². The molecule has 31 heavy (non-hydrogen) atoms. The highest BCUT2D eigenvalue weighted by Gasteiger charge is 2.29. The van der Waals surface area contributed by atoms with Crippen LogP contribution in [0.3, 0.4) is 0 Å². The van der Waals surface area contributed by atoms with Crippen LogP contribution in [-0.2, 0) is 12.6 Å². The standard InChI is InChI=1S/C22H18ClF3N4S/c23-20-19(15-3-4-16-11-28-8-7-14(16)10-15)31-21(30-20)29-12-18(27)9-13-1-5-17(6-2-13)22(24,25)26/h1-8,10-11,18H,9,12,27H2,(H,29,30). The van der Waals surface area contributed by atoms with Gasteiger partial charge in [-0.05, 0) is 47.2 Å². The van der Waals surface area contributed by atoms with E-state index in [1.807, 2.05) is 24.3 Å². The number of nitrogens with one attached hydrogen (secondary N) is 1. The maximum atomic E-state index is 12.7. The number of anilines is 1. The third-order valence-corrected chi connectivity index (χ3v) is 6.23. The van der Waals surface area contributed by atoms with E-state index in [0.717, 1.165) is 38.9 Å². The molecule has 0 saturated heterocycles. The number of pyridine rings is 1. The van der Waals surface area contributed by atoms with Gasteiger partial charge < -0.3 is 11.1 Å². The Labute approximate surface area is 185 Å². The number of benzene rings is 2. The van der Waals surface area contributed by atoms with Gasteiger partial charge in [-0.1, -0.05) is 47.2 Å². The minimum atomic E-state index is -4.34. The molecule has 0 aliphatic carbocycles. The van der Waals surface area contributed by atoms with E-state index >= 15 is 0 Å². The lowest BCUT2D eigenvalue weighted by atomic mass is 10.0. The number of rotatable bonds is 6. The Bertz CT molecular complexity index is 1190. The fourth-order valence-corrected chi connectivity index (χ4v) is 4.42. The van der Waals surface area contributed by atoms with E-state index in [2.05, 4.69) is 15.3 Å². The Morgan fingerprint density at radius 3 is 2.58 bits per heavy atom. The Balaban J connectivity index is 1.40. The highest BCUT2D eigenvalue weighted by atomic mass is 35.5. The van der Waals surface area contributed by atoms with E-state index in [1.54, 1.807) is 12.4 Å². The van der Waals surface area contributed by atoms with E-state index in [1.165, 1.54) is 23.5 Å². The van der Waals surface area contributed by atoms with Crippen molar-refractivity contribution in [2.45, 2.75) is 18.6 Å². The maximum absolute atomic E-state index is 12.7. The van der Waals surface area contributed by atoms with Crippen molar-refractivity contribution in [2.24, 2.45) is 5.73 Å². The number of nitrogens with zero attached hydrogens (tertiary/aromatic N) is 2. The molecule has 3 N–H and O–H groups in total. The van der Waals surface area contributed by atoms with Crippen molar-refractivity contribution in [3.63, 3.8) is 0 Å². The minimum absolute atomic E-state index is 0.295. The number of alkyl halides is 3. The largest absolute Gasteiger partial charge is 0.416 e. The van der Waals surface area contributed by atoms with Gasteiger partial charge in [-0.15, -0.1) is 0 Å². The second-order valence-electron chi connectivity index (χ2n) is 7.12. The zero-order chi connectivity index (χ0) is 22.0. The average Bonchev–Trinajstić information content (AvgIpc) is 3.12. The van der Waals surface area contributed by atoms with Crippen molar-refractivity contribution in [1.29, 1.82) is 0 Å². The molecule has 2 aromatic heterocycles. The van der Waals surface area contributed by atoms with Gasteiger partial charge in [0.05, 0.1) is 10.4 Å². The topological polar surface area (TPSA) is 63.8 Å². The van der Waals surface area contributed by atoms with Crippen molar-refractivity contribution < 1.29 is 13.2 Å². The molecule has 0 fully saturated rings. The second kappa shape index (κ2) is 8.82. The summed E-state index contributed by atoms with van der Waals surface area (Å²) in [5.41, 5.74) is 7.18. The van der Waals surface area contributed by atoms with Gasteiger partial charge in [-0.2, -0.15) is 13.2 Å². The highest BCUT2D eigenvalue weighted by molar-refractivity contribution is 7.19. The van der Waals surface area contributed by atoms with Gasteiger partial charge in [0, 0.05) is 30.4 Å². The molecule has 0 spiro atoms. The lowest BCUT2D eigenvalue weighted by Crippen LogP contribution is -2.31. The maximum Gasteiger partial charge on any atom is 0.416 e. The van der Waals surface area contributed by atoms with Gasteiger partial charge >= 0.3 is 6.18 Å². The Kier molecular flexibility index (Phi) is 6.13. The highest BCUT2D eigenvalue weighted by Crippen LogP contribution is 2.37. The van der Waals surface area contributed by atoms with E-state index in [9.17, 15) is 13.2 Å². The molecule has 0 amide bonds. The number of aromatic nitrogens is 2. The number of hydrogen-bond donors (Lipinski definition) is 2. The molecule has 0 aliphatic heterocycles. The van der Waals surface area contributed by atoms with Crippen molar-refractivity contribution in [2.75, 3.05) is 11.9 Å². The first-order valence-corrected chi connectivity index (χ1v) is 10.6. The lowest BCUT2D eigenvalue weighted by Gasteiger charge is -2.13. The van der Waals surface area contributed by atoms with Crippen LogP contribution in [0.4, 0.5) is 18.3 Å². The van der Waals surface area contributed by atoms with Crippen LogP contribution in [-0.4, -0.2) is 22.6 Å². The summed E-state index contributed by atoms with van der Waals surface area (Å²) in [7, 11) is 0. The molecule has 9 heteroatoms. The van der Waals surface area contributed by atoms with E-state index in [-0.39, 0.29) is 6.04 Å². The molecule has 0 bridgehead atoms. The molecule has 4 rings (SSSR count). The van der Waals surface area contributed by atoms with Gasteiger partial charge in [-0.3, -0.25) is 4.98 Å². The summed E-state index contributed by atoms with van der Waals surface area (Å²) in [5.74, 6) is 0. The van der Waals surface area contributed by atoms with Gasteiger partial charge in [0.1, 0.15) is 5.15 Å².